The van der Waals surface area contributed by atoms with E-state index in [1.807, 2.05) is 12.1 Å². The van der Waals surface area contributed by atoms with E-state index in [9.17, 15) is 10.4 Å². The quantitative estimate of drug-likeness (QED) is 0.401. The molecule has 0 saturated carbocycles. The fraction of sp³-hybridized carbons (Fsp3) is 0.458. The van der Waals surface area contributed by atoms with Gasteiger partial charge in [-0.3, -0.25) is 4.72 Å². The van der Waals surface area contributed by atoms with E-state index in [0.717, 1.165) is 36.9 Å². The van der Waals surface area contributed by atoms with Crippen LogP contribution in [0.4, 0.5) is 5.69 Å². The predicted octanol–water partition coefficient (Wildman–Crippen LogP) is 4.00. The van der Waals surface area contributed by atoms with Crippen molar-refractivity contribution in [1.82, 2.24) is 4.72 Å². The fourth-order valence-corrected chi connectivity index (χ4v) is 4.52. The molecule has 0 radical (unpaired) electrons. The number of allylic oxidation sites excluding steroid dienone is 1. The summed E-state index contributed by atoms with van der Waals surface area (Å²) in [5.74, 6) is 0. The average molecular weight is 441 g/mol. The molecule has 1 fully saturated rings. The Bertz CT molecular complexity index is 937. The molecule has 1 aliphatic heterocycles. The molecule has 1 saturated heterocycles. The lowest BCUT2D eigenvalue weighted by atomic mass is 10.1. The van der Waals surface area contributed by atoms with Gasteiger partial charge in [0.05, 0.1) is 18.8 Å². The van der Waals surface area contributed by atoms with Crippen molar-refractivity contribution in [3.05, 3.63) is 46.9 Å². The number of aliphatic hydroxyl groups excluding tert-OH is 1. The van der Waals surface area contributed by atoms with E-state index in [0.29, 0.717) is 11.3 Å². The minimum atomic E-state index is -0.539. The van der Waals surface area contributed by atoms with Gasteiger partial charge in [0.15, 0.2) is 0 Å². The third-order valence-corrected chi connectivity index (χ3v) is 6.18. The molecule has 2 aromatic rings. The Morgan fingerprint density at radius 2 is 1.97 bits per heavy atom. The molecule has 0 amide bonds. The van der Waals surface area contributed by atoms with Gasteiger partial charge in [0, 0.05) is 18.8 Å². The first-order chi connectivity index (χ1) is 15.0. The van der Waals surface area contributed by atoms with Crippen molar-refractivity contribution in [3.8, 4) is 6.07 Å². The molecule has 4 N–H and O–H groups in total. The van der Waals surface area contributed by atoms with Crippen LogP contribution in [0, 0.1) is 11.3 Å². The summed E-state index contributed by atoms with van der Waals surface area (Å²) in [7, 11) is 0. The van der Waals surface area contributed by atoms with Crippen LogP contribution < -0.4 is 15.4 Å². The van der Waals surface area contributed by atoms with E-state index in [1.165, 1.54) is 23.0 Å². The summed E-state index contributed by atoms with van der Waals surface area (Å²) < 4.78 is 8.50. The number of benzene rings is 2. The van der Waals surface area contributed by atoms with Gasteiger partial charge in [-0.2, -0.15) is 5.26 Å². The number of hydrogen-bond donors (Lipinski definition) is 3. The zero-order valence-corrected chi connectivity index (χ0v) is 19.1. The number of rotatable bonds is 9. The Balaban J connectivity index is 1.73. The Kier molecular flexibility index (Phi) is 8.76. The van der Waals surface area contributed by atoms with Gasteiger partial charge >= 0.3 is 0 Å². The van der Waals surface area contributed by atoms with Crippen LogP contribution >= 0.6 is 11.9 Å². The van der Waals surface area contributed by atoms with E-state index < -0.39 is 12.3 Å². The van der Waals surface area contributed by atoms with Gasteiger partial charge in [-0.05, 0) is 71.8 Å². The van der Waals surface area contributed by atoms with Crippen molar-refractivity contribution in [2.24, 2.45) is 5.73 Å². The van der Waals surface area contributed by atoms with Crippen LogP contribution in [-0.2, 0) is 4.74 Å². The number of nitrogens with one attached hydrogen (secondary N) is 1. The Labute approximate surface area is 189 Å². The summed E-state index contributed by atoms with van der Waals surface area (Å²) in [5, 5.41) is 21.6. The van der Waals surface area contributed by atoms with Crippen molar-refractivity contribution >= 4 is 34.5 Å². The molecule has 1 heterocycles. The van der Waals surface area contributed by atoms with Crippen LogP contribution in [0.5, 0.6) is 0 Å². The normalized spacial score (nSPS) is 21.8. The maximum absolute atomic E-state index is 9.76. The Morgan fingerprint density at radius 1 is 1.26 bits per heavy atom. The standard InChI is InChI=1S/C24H32N4O2S/c1-3-9-28(10-4-2)20-8-7-18-11-17(5-6-19(18)13-20)12-22(15-25)31-27-23-14-21(29)16-30-24(23)26/h5-8,11-13,21,23-24,27,29H,3-4,9-10,14,16,26H2,1-2H3/b22-12+. The minimum absolute atomic E-state index is 0.213. The molecular weight excluding hydrogens is 408 g/mol. The van der Waals surface area contributed by atoms with Crippen molar-refractivity contribution in [2.45, 2.75) is 51.5 Å². The molecule has 31 heavy (non-hydrogen) atoms. The smallest absolute Gasteiger partial charge is 0.122 e. The molecule has 1 aliphatic rings. The van der Waals surface area contributed by atoms with Crippen LogP contribution in [0.25, 0.3) is 16.8 Å². The number of nitrogens with two attached hydrogens (primary N) is 1. The van der Waals surface area contributed by atoms with Crippen molar-refractivity contribution in [3.63, 3.8) is 0 Å². The monoisotopic (exact) mass is 440 g/mol. The number of anilines is 1. The number of hydrogen-bond acceptors (Lipinski definition) is 7. The molecule has 0 bridgehead atoms. The van der Waals surface area contributed by atoms with Gasteiger partial charge in [0.2, 0.25) is 0 Å². The second-order valence-corrected chi connectivity index (χ2v) is 8.79. The molecule has 0 spiro atoms. The van der Waals surface area contributed by atoms with Gasteiger partial charge < -0.3 is 20.5 Å². The zero-order chi connectivity index (χ0) is 22.2. The van der Waals surface area contributed by atoms with Crippen molar-refractivity contribution < 1.29 is 9.84 Å². The topological polar surface area (TPSA) is 94.5 Å². The first-order valence-electron chi connectivity index (χ1n) is 10.9. The second kappa shape index (κ2) is 11.5. The van der Waals surface area contributed by atoms with Crippen LogP contribution in [0.15, 0.2) is 41.3 Å². The first-order valence-corrected chi connectivity index (χ1v) is 11.7. The molecule has 0 aliphatic carbocycles. The highest BCUT2D eigenvalue weighted by atomic mass is 32.2. The predicted molar refractivity (Wildman–Crippen MR) is 129 cm³/mol. The summed E-state index contributed by atoms with van der Waals surface area (Å²) in [4.78, 5) is 2.96. The van der Waals surface area contributed by atoms with E-state index in [4.69, 9.17) is 10.5 Å². The van der Waals surface area contributed by atoms with Crippen molar-refractivity contribution in [1.29, 1.82) is 5.26 Å². The third kappa shape index (κ3) is 6.45. The summed E-state index contributed by atoms with van der Waals surface area (Å²) in [6, 6.07) is 14.8. The maximum atomic E-state index is 9.76. The molecular formula is C24H32N4O2S. The molecule has 166 valence electrons. The second-order valence-electron chi connectivity index (χ2n) is 7.91. The highest BCUT2D eigenvalue weighted by Gasteiger charge is 2.27. The van der Waals surface area contributed by atoms with Crippen LogP contribution in [0.2, 0.25) is 0 Å². The summed E-state index contributed by atoms with van der Waals surface area (Å²) in [6.45, 7) is 6.78. The summed E-state index contributed by atoms with van der Waals surface area (Å²) >= 11 is 1.22. The van der Waals surface area contributed by atoms with Crippen molar-refractivity contribution in [2.75, 3.05) is 24.6 Å². The SMILES string of the molecule is CCCN(CCC)c1ccc2cc(/C=C(\C#N)SNC3CC(O)COC3N)ccc2c1. The Hall–Kier alpha value is -2.08. The lowest BCUT2D eigenvalue weighted by Gasteiger charge is -2.31. The molecule has 2 aromatic carbocycles. The zero-order valence-electron chi connectivity index (χ0n) is 18.3. The van der Waals surface area contributed by atoms with Gasteiger partial charge in [0.1, 0.15) is 17.2 Å². The largest absolute Gasteiger partial charge is 0.391 e. The Morgan fingerprint density at radius 3 is 2.68 bits per heavy atom. The van der Waals surface area contributed by atoms with Crippen LogP contribution in [-0.4, -0.2) is 43.2 Å². The lowest BCUT2D eigenvalue weighted by Crippen LogP contribution is -2.51. The highest BCUT2D eigenvalue weighted by molar-refractivity contribution is 8.01. The number of fused-ring (bicyclic) bond motifs is 1. The number of nitriles is 1. The van der Waals surface area contributed by atoms with Crippen LogP contribution in [0.3, 0.4) is 0 Å². The van der Waals surface area contributed by atoms with E-state index in [1.54, 1.807) is 0 Å². The number of ether oxygens (including phenoxy) is 1. The molecule has 3 unspecified atom stereocenters. The minimum Gasteiger partial charge on any atom is -0.391 e. The first kappa shape index (κ1) is 23.6. The van der Waals surface area contributed by atoms with E-state index >= 15 is 0 Å². The summed E-state index contributed by atoms with van der Waals surface area (Å²) in [5.41, 5.74) is 8.16. The lowest BCUT2D eigenvalue weighted by molar-refractivity contribution is -0.0664. The number of aliphatic hydroxyl groups is 1. The third-order valence-electron chi connectivity index (χ3n) is 5.33. The summed E-state index contributed by atoms with van der Waals surface area (Å²) in [6.07, 6.45) is 3.58. The van der Waals surface area contributed by atoms with E-state index in [2.05, 4.69) is 59.9 Å². The fourth-order valence-electron chi connectivity index (χ4n) is 3.77. The van der Waals surface area contributed by atoms with E-state index in [-0.39, 0.29) is 12.6 Å². The molecule has 6 nitrogen and oxygen atoms in total. The molecule has 3 atom stereocenters. The molecule has 7 heteroatoms. The van der Waals surface area contributed by atoms with Gasteiger partial charge in [-0.15, -0.1) is 0 Å². The van der Waals surface area contributed by atoms with Gasteiger partial charge in [-0.25, -0.2) is 0 Å². The van der Waals surface area contributed by atoms with Gasteiger partial charge in [-0.1, -0.05) is 32.0 Å². The average Bonchev–Trinajstić information content (AvgIpc) is 2.78. The van der Waals surface area contributed by atoms with Crippen LogP contribution in [0.1, 0.15) is 38.7 Å². The highest BCUT2D eigenvalue weighted by Crippen LogP contribution is 2.26. The maximum Gasteiger partial charge on any atom is 0.122 e. The molecule has 0 aromatic heterocycles. The number of nitrogens with zero attached hydrogens (tertiary/aromatic N) is 2. The molecule has 3 rings (SSSR count). The van der Waals surface area contributed by atoms with Gasteiger partial charge in [0.25, 0.3) is 0 Å².